The van der Waals surface area contributed by atoms with E-state index in [4.69, 9.17) is 0 Å². The van der Waals surface area contributed by atoms with Gasteiger partial charge in [0.05, 0.1) is 11.1 Å². The van der Waals surface area contributed by atoms with Crippen LogP contribution in [0.25, 0.3) is 10.2 Å². The summed E-state index contributed by atoms with van der Waals surface area (Å²) in [6.45, 7) is 5.76. The number of carbonyl (C=O) groups is 1. The monoisotopic (exact) mass is 484 g/mol. The van der Waals surface area contributed by atoms with Crippen LogP contribution in [0.2, 0.25) is 0 Å². The zero-order valence-corrected chi connectivity index (χ0v) is 21.2. The fourth-order valence-corrected chi connectivity index (χ4v) is 6.15. The third-order valence-electron chi connectivity index (χ3n) is 6.23. The van der Waals surface area contributed by atoms with Gasteiger partial charge < -0.3 is 10.3 Å². The first-order chi connectivity index (χ1) is 15.9. The first-order valence-electron chi connectivity index (χ1n) is 11.6. The molecule has 176 valence electrons. The maximum absolute atomic E-state index is 12.5. The number of fused-ring (bicyclic) bond motifs is 3. The number of thioether (sulfide) groups is 1. The zero-order valence-electron chi connectivity index (χ0n) is 19.6. The Balaban J connectivity index is 1.24. The second kappa shape index (κ2) is 10.8. The second-order valence-corrected chi connectivity index (χ2v) is 11.1. The van der Waals surface area contributed by atoms with E-state index in [0.29, 0.717) is 36.3 Å². The average Bonchev–Trinajstić information content (AvgIpc) is 3.37. The van der Waals surface area contributed by atoms with Gasteiger partial charge in [-0.1, -0.05) is 24.3 Å². The van der Waals surface area contributed by atoms with Crippen LogP contribution in [0.1, 0.15) is 54.1 Å². The van der Waals surface area contributed by atoms with Gasteiger partial charge in [0.15, 0.2) is 0 Å². The molecule has 0 atom stereocenters. The highest BCUT2D eigenvalue weighted by molar-refractivity contribution is 7.98. The van der Waals surface area contributed by atoms with Crippen molar-refractivity contribution in [1.82, 2.24) is 20.2 Å². The van der Waals surface area contributed by atoms with E-state index < -0.39 is 0 Å². The molecule has 1 amide bonds. The minimum atomic E-state index is -0.0190. The summed E-state index contributed by atoms with van der Waals surface area (Å²) in [6, 6.07) is 8.74. The highest BCUT2D eigenvalue weighted by atomic mass is 32.2. The molecule has 8 heteroatoms. The molecule has 0 radical (unpaired) electrons. The lowest BCUT2D eigenvalue weighted by molar-refractivity contribution is -0.120. The Morgan fingerprint density at radius 3 is 2.85 bits per heavy atom. The smallest absolute Gasteiger partial charge is 0.259 e. The normalized spacial score (nSPS) is 13.2. The Labute approximate surface area is 203 Å². The lowest BCUT2D eigenvalue weighted by Crippen LogP contribution is -2.27. The van der Waals surface area contributed by atoms with E-state index in [1.807, 2.05) is 12.1 Å². The average molecular weight is 485 g/mol. The molecule has 0 saturated carbocycles. The summed E-state index contributed by atoms with van der Waals surface area (Å²) in [5.74, 6) is 2.03. The highest BCUT2D eigenvalue weighted by Crippen LogP contribution is 2.34. The van der Waals surface area contributed by atoms with Crippen molar-refractivity contribution in [3.05, 3.63) is 62.0 Å². The number of benzene rings is 1. The van der Waals surface area contributed by atoms with Gasteiger partial charge in [-0.25, -0.2) is 4.98 Å². The Hall–Kier alpha value is -2.16. The van der Waals surface area contributed by atoms with Crippen molar-refractivity contribution in [2.45, 2.75) is 64.4 Å². The van der Waals surface area contributed by atoms with Gasteiger partial charge in [0, 0.05) is 36.2 Å². The van der Waals surface area contributed by atoms with Gasteiger partial charge in [-0.05, 0) is 56.8 Å². The Morgan fingerprint density at radius 1 is 1.27 bits per heavy atom. The molecule has 1 aliphatic carbocycles. The second-order valence-electron chi connectivity index (χ2n) is 8.91. The van der Waals surface area contributed by atoms with Crippen molar-refractivity contribution in [3.8, 4) is 0 Å². The van der Waals surface area contributed by atoms with E-state index in [1.165, 1.54) is 16.0 Å². The fraction of sp³-hybridized carbons (Fsp3) is 0.480. The van der Waals surface area contributed by atoms with Crippen molar-refractivity contribution in [2.75, 3.05) is 12.8 Å². The van der Waals surface area contributed by atoms with Gasteiger partial charge in [-0.2, -0.15) is 11.8 Å². The number of thiophene rings is 1. The molecule has 0 fully saturated rings. The predicted octanol–water partition coefficient (Wildman–Crippen LogP) is 4.25. The largest absolute Gasteiger partial charge is 0.352 e. The van der Waals surface area contributed by atoms with Crippen LogP contribution in [0.4, 0.5) is 0 Å². The molecule has 0 unspecified atom stereocenters. The lowest BCUT2D eigenvalue weighted by Gasteiger charge is -2.22. The summed E-state index contributed by atoms with van der Waals surface area (Å²) >= 11 is 3.29. The van der Waals surface area contributed by atoms with Crippen molar-refractivity contribution in [2.24, 2.45) is 0 Å². The van der Waals surface area contributed by atoms with Crippen LogP contribution in [0.3, 0.4) is 0 Å². The Kier molecular flexibility index (Phi) is 7.88. The third kappa shape index (κ3) is 5.86. The predicted molar refractivity (Wildman–Crippen MR) is 138 cm³/mol. The van der Waals surface area contributed by atoms with Gasteiger partial charge in [-0.3, -0.25) is 14.5 Å². The molecule has 33 heavy (non-hydrogen) atoms. The number of aromatic amines is 1. The van der Waals surface area contributed by atoms with Gasteiger partial charge in [0.25, 0.3) is 5.56 Å². The van der Waals surface area contributed by atoms with E-state index in [2.05, 4.69) is 53.2 Å². The quantitative estimate of drug-likeness (QED) is 0.421. The zero-order chi connectivity index (χ0) is 23.4. The molecule has 0 bridgehead atoms. The maximum atomic E-state index is 12.5. The number of nitrogens with zero attached hydrogens (tertiary/aromatic N) is 2. The maximum Gasteiger partial charge on any atom is 0.259 e. The van der Waals surface area contributed by atoms with Gasteiger partial charge in [0.2, 0.25) is 5.91 Å². The molecule has 0 aliphatic heterocycles. The molecule has 0 spiro atoms. The molecular formula is C25H32N4O2S2. The number of hydrogen-bond donors (Lipinski definition) is 2. The number of rotatable bonds is 10. The van der Waals surface area contributed by atoms with Crippen molar-refractivity contribution in [1.29, 1.82) is 0 Å². The Bertz CT molecular complexity index is 1180. The molecule has 1 aromatic carbocycles. The van der Waals surface area contributed by atoms with E-state index >= 15 is 0 Å². The fourth-order valence-electron chi connectivity index (χ4n) is 4.07. The van der Waals surface area contributed by atoms with Crippen LogP contribution in [0.5, 0.6) is 0 Å². The van der Waals surface area contributed by atoms with E-state index in [0.717, 1.165) is 41.6 Å². The molecule has 2 N–H and O–H groups in total. The number of hydrogen-bond acceptors (Lipinski definition) is 6. The summed E-state index contributed by atoms with van der Waals surface area (Å²) in [6.07, 6.45) is 3.63. The van der Waals surface area contributed by atoms with Crippen molar-refractivity contribution >= 4 is 39.2 Å². The number of amides is 1. The van der Waals surface area contributed by atoms with Crippen LogP contribution < -0.4 is 10.9 Å². The standard InChI is InChI=1S/C25H32N4O2S2/c1-16(2)29(3)14-18-8-5-4-7-17(18)13-26-22(30)11-12-32-15-21-27-24(31)23-19-9-6-10-20(19)33-25(23)28-21/h4-5,7-8,16H,6,9-15H2,1-3H3,(H,26,30)(H,27,28,31). The number of aryl methyl sites for hydroxylation is 2. The molecule has 2 aromatic heterocycles. The molecular weight excluding hydrogens is 452 g/mol. The lowest BCUT2D eigenvalue weighted by atomic mass is 10.1. The minimum absolute atomic E-state index is 0.0190. The molecule has 1 aliphatic rings. The summed E-state index contributed by atoms with van der Waals surface area (Å²) in [4.78, 5) is 37.0. The Morgan fingerprint density at radius 2 is 2.06 bits per heavy atom. The molecule has 6 nitrogen and oxygen atoms in total. The van der Waals surface area contributed by atoms with Crippen LogP contribution >= 0.6 is 23.1 Å². The molecule has 2 heterocycles. The molecule has 4 rings (SSSR count). The summed E-state index contributed by atoms with van der Waals surface area (Å²) in [5.41, 5.74) is 3.59. The summed E-state index contributed by atoms with van der Waals surface area (Å²) in [7, 11) is 2.11. The number of H-pyrrole nitrogens is 1. The van der Waals surface area contributed by atoms with E-state index in [9.17, 15) is 9.59 Å². The topological polar surface area (TPSA) is 78.1 Å². The summed E-state index contributed by atoms with van der Waals surface area (Å²) < 4.78 is 0. The van der Waals surface area contributed by atoms with Crippen LogP contribution in [0, 0.1) is 0 Å². The summed E-state index contributed by atoms with van der Waals surface area (Å²) in [5, 5.41) is 3.85. The third-order valence-corrected chi connectivity index (χ3v) is 8.39. The first kappa shape index (κ1) is 24.0. The molecule has 0 saturated heterocycles. The van der Waals surface area contributed by atoms with Gasteiger partial charge in [0.1, 0.15) is 10.7 Å². The van der Waals surface area contributed by atoms with Gasteiger partial charge in [-0.15, -0.1) is 11.3 Å². The SMILES string of the molecule is CC(C)N(C)Cc1ccccc1CNC(=O)CCSCc1nc2sc3c(c2c(=O)[nH]1)CCC3. The number of carbonyl (C=O) groups excluding carboxylic acids is 1. The first-order valence-corrected chi connectivity index (χ1v) is 13.5. The van der Waals surface area contributed by atoms with Crippen LogP contribution in [0.15, 0.2) is 29.1 Å². The number of aromatic nitrogens is 2. The van der Waals surface area contributed by atoms with Crippen molar-refractivity contribution in [3.63, 3.8) is 0 Å². The minimum Gasteiger partial charge on any atom is -0.352 e. The molecule has 3 aromatic rings. The van der Waals surface area contributed by atoms with Crippen molar-refractivity contribution < 1.29 is 4.79 Å². The van der Waals surface area contributed by atoms with E-state index in [-0.39, 0.29) is 11.5 Å². The van der Waals surface area contributed by atoms with Gasteiger partial charge >= 0.3 is 0 Å². The highest BCUT2D eigenvalue weighted by Gasteiger charge is 2.21. The van der Waals surface area contributed by atoms with Crippen LogP contribution in [-0.4, -0.2) is 39.6 Å². The van der Waals surface area contributed by atoms with Crippen LogP contribution in [-0.2, 0) is 36.5 Å². The number of nitrogens with one attached hydrogen (secondary N) is 2. The van der Waals surface area contributed by atoms with E-state index in [1.54, 1.807) is 23.1 Å².